The van der Waals surface area contributed by atoms with Crippen molar-refractivity contribution in [3.8, 4) is 0 Å². The number of hydrogen-bond acceptors (Lipinski definition) is 3. The minimum atomic E-state index is -4.00. The van der Waals surface area contributed by atoms with E-state index >= 15 is 0 Å². The number of sulfonamides is 1. The maximum Gasteiger partial charge on any atom is 0.255 e. The lowest BCUT2D eigenvalue weighted by molar-refractivity contribution is 0.102. The van der Waals surface area contributed by atoms with Crippen molar-refractivity contribution in [2.45, 2.75) is 11.4 Å². The van der Waals surface area contributed by atoms with Crippen LogP contribution in [-0.4, -0.2) is 14.3 Å². The molecule has 0 unspecified atom stereocenters. The number of amides is 1. The fourth-order valence-corrected chi connectivity index (χ4v) is 3.68. The van der Waals surface area contributed by atoms with Crippen LogP contribution in [0.1, 0.15) is 15.9 Å². The van der Waals surface area contributed by atoms with Crippen molar-refractivity contribution in [1.29, 1.82) is 0 Å². The first-order valence-electron chi connectivity index (χ1n) is 8.36. The molecule has 2 N–H and O–H groups in total. The molecule has 0 aliphatic heterocycles. The first-order valence-corrected chi connectivity index (χ1v) is 10.2. The number of benzene rings is 3. The summed E-state index contributed by atoms with van der Waals surface area (Å²) < 4.78 is 54.5. The van der Waals surface area contributed by atoms with E-state index in [4.69, 9.17) is 11.6 Å². The van der Waals surface area contributed by atoms with Gasteiger partial charge in [-0.2, -0.15) is 0 Å². The SMILES string of the molecule is O=C(Nc1ccc(S(=O)(=O)NCc2ccccc2Cl)cc1F)c1ccc(F)cc1. The predicted molar refractivity (Wildman–Crippen MR) is 106 cm³/mol. The Morgan fingerprint density at radius 1 is 0.966 bits per heavy atom. The highest BCUT2D eigenvalue weighted by Gasteiger charge is 2.18. The zero-order valence-corrected chi connectivity index (χ0v) is 16.4. The Morgan fingerprint density at radius 3 is 2.31 bits per heavy atom. The van der Waals surface area contributed by atoms with Crippen molar-refractivity contribution in [3.05, 3.63) is 94.5 Å². The molecule has 3 aromatic rings. The third-order valence-electron chi connectivity index (χ3n) is 4.02. The third kappa shape index (κ3) is 5.17. The van der Waals surface area contributed by atoms with Crippen LogP contribution < -0.4 is 10.0 Å². The Kier molecular flexibility index (Phi) is 6.26. The molecule has 9 heteroatoms. The van der Waals surface area contributed by atoms with Crippen LogP contribution in [0.2, 0.25) is 5.02 Å². The molecular formula is C20H15ClF2N2O3S. The van der Waals surface area contributed by atoms with E-state index in [0.717, 1.165) is 30.3 Å². The fourth-order valence-electron chi connectivity index (χ4n) is 2.46. The van der Waals surface area contributed by atoms with Crippen molar-refractivity contribution in [3.63, 3.8) is 0 Å². The summed E-state index contributed by atoms with van der Waals surface area (Å²) in [6.45, 7) is -0.0628. The molecule has 3 aromatic carbocycles. The minimum Gasteiger partial charge on any atom is -0.319 e. The van der Waals surface area contributed by atoms with Crippen molar-refractivity contribution in [1.82, 2.24) is 4.72 Å². The van der Waals surface area contributed by atoms with Gasteiger partial charge >= 0.3 is 0 Å². The molecule has 0 fully saturated rings. The number of halogens is 3. The summed E-state index contributed by atoms with van der Waals surface area (Å²) in [6.07, 6.45) is 0. The van der Waals surface area contributed by atoms with Crippen molar-refractivity contribution in [2.24, 2.45) is 0 Å². The Labute approximate surface area is 171 Å². The van der Waals surface area contributed by atoms with Gasteiger partial charge in [0.1, 0.15) is 11.6 Å². The van der Waals surface area contributed by atoms with Crippen LogP contribution in [0.5, 0.6) is 0 Å². The molecule has 150 valence electrons. The number of anilines is 1. The summed E-state index contributed by atoms with van der Waals surface area (Å²) >= 11 is 6.00. The van der Waals surface area contributed by atoms with E-state index in [1.54, 1.807) is 24.3 Å². The maximum atomic E-state index is 14.4. The van der Waals surface area contributed by atoms with Gasteiger partial charge < -0.3 is 5.32 Å². The Hall–Kier alpha value is -2.81. The van der Waals surface area contributed by atoms with E-state index in [9.17, 15) is 22.0 Å². The summed E-state index contributed by atoms with van der Waals surface area (Å²) in [6, 6.07) is 14.5. The van der Waals surface area contributed by atoms with Crippen LogP contribution in [0.3, 0.4) is 0 Å². The Morgan fingerprint density at radius 2 is 1.66 bits per heavy atom. The fraction of sp³-hybridized carbons (Fsp3) is 0.0500. The molecule has 0 bridgehead atoms. The molecule has 0 spiro atoms. The van der Waals surface area contributed by atoms with Gasteiger partial charge in [-0.3, -0.25) is 4.79 Å². The maximum absolute atomic E-state index is 14.4. The molecule has 5 nitrogen and oxygen atoms in total. The van der Waals surface area contributed by atoms with Gasteiger partial charge in [-0.15, -0.1) is 0 Å². The zero-order valence-electron chi connectivity index (χ0n) is 14.8. The number of hydrogen-bond donors (Lipinski definition) is 2. The third-order valence-corrected chi connectivity index (χ3v) is 5.78. The van der Waals surface area contributed by atoms with E-state index in [2.05, 4.69) is 10.0 Å². The van der Waals surface area contributed by atoms with Gasteiger partial charge in [0, 0.05) is 17.1 Å². The summed E-state index contributed by atoms with van der Waals surface area (Å²) in [5, 5.41) is 2.72. The quantitative estimate of drug-likeness (QED) is 0.603. The molecule has 0 saturated heterocycles. The molecule has 0 saturated carbocycles. The van der Waals surface area contributed by atoms with E-state index < -0.39 is 27.6 Å². The molecule has 29 heavy (non-hydrogen) atoms. The molecule has 0 aromatic heterocycles. The van der Waals surface area contributed by atoms with Crippen LogP contribution in [-0.2, 0) is 16.6 Å². The summed E-state index contributed by atoms with van der Waals surface area (Å²) in [4.78, 5) is 11.8. The number of carbonyl (C=O) groups is 1. The predicted octanol–water partition coefficient (Wildman–Crippen LogP) is 4.35. The van der Waals surface area contributed by atoms with Crippen LogP contribution >= 0.6 is 11.6 Å². The van der Waals surface area contributed by atoms with Crippen molar-refractivity contribution < 1.29 is 22.0 Å². The van der Waals surface area contributed by atoms with E-state index in [0.29, 0.717) is 10.6 Å². The molecule has 0 heterocycles. The van der Waals surface area contributed by atoms with Gasteiger partial charge in [0.15, 0.2) is 0 Å². The van der Waals surface area contributed by atoms with Gasteiger partial charge in [0.25, 0.3) is 5.91 Å². The summed E-state index contributed by atoms with van der Waals surface area (Å²) in [7, 11) is -4.00. The van der Waals surface area contributed by atoms with Gasteiger partial charge in [-0.1, -0.05) is 29.8 Å². The van der Waals surface area contributed by atoms with Crippen molar-refractivity contribution in [2.75, 3.05) is 5.32 Å². The standard InChI is InChI=1S/C20H15ClF2N2O3S/c21-17-4-2-1-3-14(17)12-24-29(27,28)16-9-10-19(18(23)11-16)25-20(26)13-5-7-15(22)8-6-13/h1-11,24H,12H2,(H,25,26). The van der Waals surface area contributed by atoms with Crippen LogP contribution in [0.15, 0.2) is 71.6 Å². The lowest BCUT2D eigenvalue weighted by atomic mass is 10.2. The van der Waals surface area contributed by atoms with Crippen LogP contribution in [0.4, 0.5) is 14.5 Å². The monoisotopic (exact) mass is 436 g/mol. The summed E-state index contributed by atoms with van der Waals surface area (Å²) in [5.74, 6) is -2.09. The lowest BCUT2D eigenvalue weighted by Gasteiger charge is -2.10. The van der Waals surface area contributed by atoms with Crippen molar-refractivity contribution >= 4 is 33.2 Å². The smallest absolute Gasteiger partial charge is 0.255 e. The average molecular weight is 437 g/mol. The molecule has 3 rings (SSSR count). The Bertz CT molecular complexity index is 1150. The lowest BCUT2D eigenvalue weighted by Crippen LogP contribution is -2.23. The number of rotatable bonds is 6. The van der Waals surface area contributed by atoms with Gasteiger partial charge in [-0.25, -0.2) is 21.9 Å². The molecule has 0 aliphatic rings. The van der Waals surface area contributed by atoms with Gasteiger partial charge in [0.2, 0.25) is 10.0 Å². The minimum absolute atomic E-state index is 0.0628. The number of nitrogens with one attached hydrogen (secondary N) is 2. The zero-order chi connectivity index (χ0) is 21.0. The highest BCUT2D eigenvalue weighted by molar-refractivity contribution is 7.89. The number of carbonyl (C=O) groups excluding carboxylic acids is 1. The van der Waals surface area contributed by atoms with Crippen LogP contribution in [0, 0.1) is 11.6 Å². The molecule has 1 amide bonds. The Balaban J connectivity index is 1.73. The highest BCUT2D eigenvalue weighted by Crippen LogP contribution is 2.21. The molecule has 0 radical (unpaired) electrons. The molecule has 0 aliphatic carbocycles. The average Bonchev–Trinajstić information content (AvgIpc) is 2.69. The van der Waals surface area contributed by atoms with Gasteiger partial charge in [0.05, 0.1) is 10.6 Å². The molecular weight excluding hydrogens is 422 g/mol. The summed E-state index contributed by atoms with van der Waals surface area (Å²) in [5.41, 5.74) is 0.495. The second-order valence-electron chi connectivity index (χ2n) is 6.02. The second kappa shape index (κ2) is 8.69. The molecule has 0 atom stereocenters. The second-order valence-corrected chi connectivity index (χ2v) is 8.19. The van der Waals surface area contributed by atoms with E-state index in [1.165, 1.54) is 12.1 Å². The first-order chi connectivity index (χ1) is 13.8. The topological polar surface area (TPSA) is 75.3 Å². The van der Waals surface area contributed by atoms with E-state index in [1.807, 2.05) is 0 Å². The van der Waals surface area contributed by atoms with E-state index in [-0.39, 0.29) is 22.7 Å². The normalized spacial score (nSPS) is 11.3. The largest absolute Gasteiger partial charge is 0.319 e. The van der Waals surface area contributed by atoms with Crippen LogP contribution in [0.25, 0.3) is 0 Å². The van der Waals surface area contributed by atoms with Gasteiger partial charge in [-0.05, 0) is 54.1 Å². The first kappa shape index (κ1) is 20.9. The highest BCUT2D eigenvalue weighted by atomic mass is 35.5.